The molecule has 0 bridgehead atoms. The van der Waals surface area contributed by atoms with Gasteiger partial charge in [-0.2, -0.15) is 0 Å². The summed E-state index contributed by atoms with van der Waals surface area (Å²) in [5.74, 6) is 1.79. The van der Waals surface area contributed by atoms with Gasteiger partial charge in [-0.05, 0) is 56.1 Å². The van der Waals surface area contributed by atoms with Crippen LogP contribution in [0.25, 0.3) is 0 Å². The quantitative estimate of drug-likeness (QED) is 0.834. The van der Waals surface area contributed by atoms with Crippen LogP contribution in [0.5, 0.6) is 5.75 Å². The molecule has 0 radical (unpaired) electrons. The molecule has 1 heterocycles. The molecule has 0 atom stereocenters. The van der Waals surface area contributed by atoms with Gasteiger partial charge >= 0.3 is 0 Å². The van der Waals surface area contributed by atoms with E-state index >= 15 is 0 Å². The van der Waals surface area contributed by atoms with E-state index in [0.717, 1.165) is 29.8 Å². The molecule has 0 unspecified atom stereocenters. The molecular formula is C14H21Cl2NO. The van der Waals surface area contributed by atoms with Crippen LogP contribution < -0.4 is 4.74 Å². The molecule has 0 N–H and O–H groups in total. The molecule has 0 spiro atoms. The van der Waals surface area contributed by atoms with E-state index in [0.29, 0.717) is 0 Å². The minimum Gasteiger partial charge on any atom is -0.492 e. The third-order valence-corrected chi connectivity index (χ3v) is 3.62. The Bertz CT molecular complexity index is 334. The fraction of sp³-hybridized carbons (Fsp3) is 0.571. The third-order valence-electron chi connectivity index (χ3n) is 3.37. The molecule has 102 valence electrons. The highest BCUT2D eigenvalue weighted by atomic mass is 35.5. The summed E-state index contributed by atoms with van der Waals surface area (Å²) in [6, 6.07) is 7.56. The summed E-state index contributed by atoms with van der Waals surface area (Å²) in [5.41, 5.74) is 0. The van der Waals surface area contributed by atoms with Gasteiger partial charge in [-0.25, -0.2) is 0 Å². The molecule has 4 heteroatoms. The normalized spacial score (nSPS) is 17.2. The summed E-state index contributed by atoms with van der Waals surface area (Å²) in [7, 11) is 0. The number of piperidine rings is 1. The van der Waals surface area contributed by atoms with Crippen LogP contribution in [0.4, 0.5) is 0 Å². The van der Waals surface area contributed by atoms with Crippen LogP contribution in [0, 0.1) is 5.92 Å². The number of nitrogens with zero attached hydrogens (tertiary/aromatic N) is 1. The van der Waals surface area contributed by atoms with Crippen molar-refractivity contribution in [2.75, 3.05) is 26.2 Å². The zero-order valence-electron chi connectivity index (χ0n) is 10.8. The Labute approximate surface area is 121 Å². The fourth-order valence-electron chi connectivity index (χ4n) is 2.11. The summed E-state index contributed by atoms with van der Waals surface area (Å²) >= 11 is 5.82. The topological polar surface area (TPSA) is 12.5 Å². The maximum absolute atomic E-state index is 5.82. The highest BCUT2D eigenvalue weighted by Crippen LogP contribution is 2.17. The van der Waals surface area contributed by atoms with Gasteiger partial charge in [-0.3, -0.25) is 4.90 Å². The van der Waals surface area contributed by atoms with Crippen molar-refractivity contribution in [2.45, 2.75) is 19.8 Å². The van der Waals surface area contributed by atoms with Crippen LogP contribution >= 0.6 is 24.0 Å². The van der Waals surface area contributed by atoms with E-state index in [1.54, 1.807) is 0 Å². The van der Waals surface area contributed by atoms with Gasteiger partial charge in [0.15, 0.2) is 0 Å². The van der Waals surface area contributed by atoms with Crippen LogP contribution in [0.3, 0.4) is 0 Å². The first-order valence-electron chi connectivity index (χ1n) is 6.35. The molecule has 1 fully saturated rings. The molecule has 1 aliphatic heterocycles. The van der Waals surface area contributed by atoms with Crippen molar-refractivity contribution >= 4 is 24.0 Å². The lowest BCUT2D eigenvalue weighted by molar-refractivity contribution is 0.160. The van der Waals surface area contributed by atoms with Crippen LogP contribution in [-0.2, 0) is 0 Å². The van der Waals surface area contributed by atoms with E-state index < -0.39 is 0 Å². The Kier molecular flexibility index (Phi) is 6.83. The Morgan fingerprint density at radius 3 is 2.44 bits per heavy atom. The highest BCUT2D eigenvalue weighted by molar-refractivity contribution is 6.30. The monoisotopic (exact) mass is 289 g/mol. The molecular weight excluding hydrogens is 269 g/mol. The SMILES string of the molecule is CC1CCN(CCOc2ccc(Cl)cc2)CC1.Cl. The van der Waals surface area contributed by atoms with E-state index in [2.05, 4.69) is 11.8 Å². The average molecular weight is 290 g/mol. The maximum Gasteiger partial charge on any atom is 0.119 e. The van der Waals surface area contributed by atoms with E-state index in [4.69, 9.17) is 16.3 Å². The van der Waals surface area contributed by atoms with Crippen LogP contribution in [0.15, 0.2) is 24.3 Å². The number of halogens is 2. The summed E-state index contributed by atoms with van der Waals surface area (Å²) in [5, 5.41) is 0.752. The van der Waals surface area contributed by atoms with Crippen molar-refractivity contribution in [2.24, 2.45) is 5.92 Å². The molecule has 0 saturated carbocycles. The standard InChI is InChI=1S/C14H20ClNO.ClH/c1-12-6-8-16(9-7-12)10-11-17-14-4-2-13(15)3-5-14;/h2-5,12H,6-11H2,1H3;1H. The van der Waals surface area contributed by atoms with Gasteiger partial charge in [0, 0.05) is 11.6 Å². The van der Waals surface area contributed by atoms with E-state index in [1.165, 1.54) is 25.9 Å². The van der Waals surface area contributed by atoms with Gasteiger partial charge < -0.3 is 4.74 Å². The first-order valence-corrected chi connectivity index (χ1v) is 6.72. The molecule has 18 heavy (non-hydrogen) atoms. The van der Waals surface area contributed by atoms with Gasteiger partial charge in [-0.1, -0.05) is 18.5 Å². The van der Waals surface area contributed by atoms with Crippen molar-refractivity contribution in [3.8, 4) is 5.75 Å². The van der Waals surface area contributed by atoms with Crippen molar-refractivity contribution < 1.29 is 4.74 Å². The lowest BCUT2D eigenvalue weighted by Gasteiger charge is -2.29. The highest BCUT2D eigenvalue weighted by Gasteiger charge is 2.14. The van der Waals surface area contributed by atoms with Crippen LogP contribution in [0.1, 0.15) is 19.8 Å². The summed E-state index contributed by atoms with van der Waals surface area (Å²) in [6.45, 7) is 6.54. The minimum absolute atomic E-state index is 0. The Hall–Kier alpha value is -0.440. The number of hydrogen-bond donors (Lipinski definition) is 0. The van der Waals surface area contributed by atoms with Gasteiger partial charge in [0.05, 0.1) is 0 Å². The molecule has 0 amide bonds. The van der Waals surface area contributed by atoms with Crippen molar-refractivity contribution in [3.63, 3.8) is 0 Å². The minimum atomic E-state index is 0. The molecule has 1 saturated heterocycles. The smallest absolute Gasteiger partial charge is 0.119 e. The van der Waals surface area contributed by atoms with Gasteiger partial charge in [-0.15, -0.1) is 12.4 Å². The van der Waals surface area contributed by atoms with Gasteiger partial charge in [0.25, 0.3) is 0 Å². The van der Waals surface area contributed by atoms with Crippen LogP contribution in [-0.4, -0.2) is 31.1 Å². The third kappa shape index (κ3) is 5.05. The summed E-state index contributed by atoms with van der Waals surface area (Å²) < 4.78 is 5.69. The molecule has 2 rings (SSSR count). The largest absolute Gasteiger partial charge is 0.492 e. The number of hydrogen-bond acceptors (Lipinski definition) is 2. The van der Waals surface area contributed by atoms with Gasteiger partial charge in [0.1, 0.15) is 12.4 Å². The van der Waals surface area contributed by atoms with E-state index in [-0.39, 0.29) is 12.4 Å². The fourth-order valence-corrected chi connectivity index (χ4v) is 2.24. The number of likely N-dealkylation sites (tertiary alicyclic amines) is 1. The molecule has 1 aliphatic rings. The zero-order valence-corrected chi connectivity index (χ0v) is 12.3. The van der Waals surface area contributed by atoms with Gasteiger partial charge in [0.2, 0.25) is 0 Å². The Morgan fingerprint density at radius 2 is 1.83 bits per heavy atom. The summed E-state index contributed by atoms with van der Waals surface area (Å²) in [6.07, 6.45) is 2.64. The Balaban J connectivity index is 0.00000162. The molecule has 0 aliphatic carbocycles. The molecule has 1 aromatic carbocycles. The predicted molar refractivity (Wildman–Crippen MR) is 79.0 cm³/mol. The lowest BCUT2D eigenvalue weighted by Crippen LogP contribution is -2.35. The summed E-state index contributed by atoms with van der Waals surface area (Å²) in [4.78, 5) is 2.48. The molecule has 2 nitrogen and oxygen atoms in total. The van der Waals surface area contributed by atoms with Crippen LogP contribution in [0.2, 0.25) is 5.02 Å². The maximum atomic E-state index is 5.82. The van der Waals surface area contributed by atoms with Crippen molar-refractivity contribution in [1.29, 1.82) is 0 Å². The average Bonchev–Trinajstić information content (AvgIpc) is 2.34. The predicted octanol–water partition coefficient (Wildman–Crippen LogP) is 3.87. The first kappa shape index (κ1) is 15.6. The second kappa shape index (κ2) is 7.88. The number of benzene rings is 1. The molecule has 0 aromatic heterocycles. The van der Waals surface area contributed by atoms with E-state index in [1.807, 2.05) is 24.3 Å². The van der Waals surface area contributed by atoms with E-state index in [9.17, 15) is 0 Å². The zero-order chi connectivity index (χ0) is 12.1. The lowest BCUT2D eigenvalue weighted by atomic mass is 9.99. The Morgan fingerprint density at radius 1 is 1.22 bits per heavy atom. The second-order valence-electron chi connectivity index (χ2n) is 4.83. The van der Waals surface area contributed by atoms with Crippen molar-refractivity contribution in [3.05, 3.63) is 29.3 Å². The number of ether oxygens (including phenoxy) is 1. The van der Waals surface area contributed by atoms with Crippen molar-refractivity contribution in [1.82, 2.24) is 4.90 Å². The molecule has 1 aromatic rings. The number of rotatable bonds is 4. The second-order valence-corrected chi connectivity index (χ2v) is 5.26. The first-order chi connectivity index (χ1) is 8.24.